The second kappa shape index (κ2) is 8.50. The Labute approximate surface area is 176 Å². The second-order valence-corrected chi connectivity index (χ2v) is 6.83. The lowest BCUT2D eigenvalue weighted by atomic mass is 10.1. The highest BCUT2D eigenvalue weighted by molar-refractivity contribution is 6.04. The molecule has 4 aromatic rings. The van der Waals surface area contributed by atoms with E-state index in [0.29, 0.717) is 17.0 Å². The number of amides is 2. The quantitative estimate of drug-likeness (QED) is 0.348. The summed E-state index contributed by atoms with van der Waals surface area (Å²) in [6.45, 7) is 0. The second-order valence-electron chi connectivity index (χ2n) is 6.83. The number of nitro groups is 1. The van der Waals surface area contributed by atoms with Crippen molar-refractivity contribution in [2.24, 2.45) is 0 Å². The minimum Gasteiger partial charge on any atom is -0.451 e. The van der Waals surface area contributed by atoms with E-state index in [1.54, 1.807) is 42.5 Å². The highest BCUT2D eigenvalue weighted by atomic mass is 16.6. The summed E-state index contributed by atoms with van der Waals surface area (Å²) < 4.78 is 5.55. The molecule has 8 heteroatoms. The molecule has 4 rings (SSSR count). The summed E-state index contributed by atoms with van der Waals surface area (Å²) in [7, 11) is 0. The molecule has 1 aromatic heterocycles. The number of nitrogens with zero attached hydrogens (tertiary/aromatic N) is 1. The van der Waals surface area contributed by atoms with Gasteiger partial charge in [-0.1, -0.05) is 36.4 Å². The van der Waals surface area contributed by atoms with Crippen LogP contribution in [0, 0.1) is 10.1 Å². The summed E-state index contributed by atoms with van der Waals surface area (Å²) in [4.78, 5) is 35.0. The van der Waals surface area contributed by atoms with Crippen molar-refractivity contribution in [3.8, 4) is 0 Å². The van der Waals surface area contributed by atoms with Crippen LogP contribution in [0.2, 0.25) is 0 Å². The summed E-state index contributed by atoms with van der Waals surface area (Å²) in [6.07, 6.45) is 0.0838. The molecule has 0 aliphatic carbocycles. The van der Waals surface area contributed by atoms with Crippen LogP contribution in [0.15, 0.2) is 83.3 Å². The molecule has 2 amide bonds. The fourth-order valence-electron chi connectivity index (χ4n) is 3.08. The molecule has 8 nitrogen and oxygen atoms in total. The molecule has 3 aromatic carbocycles. The normalized spacial score (nSPS) is 10.6. The molecule has 1 heterocycles. The molecule has 0 unspecified atom stereocenters. The van der Waals surface area contributed by atoms with Gasteiger partial charge in [-0.25, -0.2) is 0 Å². The Hall–Kier alpha value is -4.46. The molecule has 0 bridgehead atoms. The van der Waals surface area contributed by atoms with E-state index in [0.717, 1.165) is 10.9 Å². The Kier molecular flexibility index (Phi) is 5.44. The molecule has 0 saturated carbocycles. The number of para-hydroxylation sites is 1. The van der Waals surface area contributed by atoms with Gasteiger partial charge in [-0.2, -0.15) is 0 Å². The van der Waals surface area contributed by atoms with Crippen molar-refractivity contribution < 1.29 is 18.9 Å². The van der Waals surface area contributed by atoms with Crippen LogP contribution in [0.4, 0.5) is 17.1 Å². The molecule has 0 aliphatic heterocycles. The molecular formula is C23H17N3O5. The maximum atomic E-state index is 12.4. The third-order valence-corrected chi connectivity index (χ3v) is 4.57. The van der Waals surface area contributed by atoms with Gasteiger partial charge in [0.1, 0.15) is 5.58 Å². The SMILES string of the molecule is O=C(Cc1ccc(NC(=O)c2cc3ccccc3o2)cc1)Nc1cccc([N+](=O)[O-])c1. The van der Waals surface area contributed by atoms with E-state index >= 15 is 0 Å². The van der Waals surface area contributed by atoms with E-state index in [1.807, 2.05) is 18.2 Å². The van der Waals surface area contributed by atoms with Crippen LogP contribution >= 0.6 is 0 Å². The van der Waals surface area contributed by atoms with Gasteiger partial charge in [-0.3, -0.25) is 19.7 Å². The van der Waals surface area contributed by atoms with Crippen LogP contribution < -0.4 is 10.6 Å². The summed E-state index contributed by atoms with van der Waals surface area (Å²) >= 11 is 0. The van der Waals surface area contributed by atoms with Gasteiger partial charge < -0.3 is 15.1 Å². The van der Waals surface area contributed by atoms with Crippen molar-refractivity contribution in [1.29, 1.82) is 0 Å². The first kappa shape index (κ1) is 19.8. The maximum Gasteiger partial charge on any atom is 0.291 e. The van der Waals surface area contributed by atoms with Gasteiger partial charge in [-0.15, -0.1) is 0 Å². The Bertz CT molecular complexity index is 1240. The number of hydrogen-bond donors (Lipinski definition) is 2. The smallest absolute Gasteiger partial charge is 0.291 e. The number of furan rings is 1. The Morgan fingerprint density at radius 1 is 0.871 bits per heavy atom. The Morgan fingerprint density at radius 2 is 1.65 bits per heavy atom. The molecule has 154 valence electrons. The van der Waals surface area contributed by atoms with Crippen molar-refractivity contribution in [3.63, 3.8) is 0 Å². The van der Waals surface area contributed by atoms with Gasteiger partial charge in [0.15, 0.2) is 5.76 Å². The standard InChI is InChI=1S/C23H17N3O5/c27-22(24-18-5-3-6-19(14-18)26(29)30)12-15-8-10-17(11-9-15)25-23(28)21-13-16-4-1-2-7-20(16)31-21/h1-11,13-14H,12H2,(H,24,27)(H,25,28). The average molecular weight is 415 g/mol. The van der Waals surface area contributed by atoms with Gasteiger partial charge in [-0.05, 0) is 35.9 Å². The highest BCUT2D eigenvalue weighted by Gasteiger charge is 2.13. The minimum atomic E-state index is -0.520. The third kappa shape index (κ3) is 4.76. The molecule has 0 aliphatic rings. The number of nitro benzene ring substituents is 1. The van der Waals surface area contributed by atoms with Gasteiger partial charge in [0.05, 0.1) is 11.3 Å². The zero-order valence-corrected chi connectivity index (χ0v) is 16.2. The van der Waals surface area contributed by atoms with Crippen molar-refractivity contribution in [2.45, 2.75) is 6.42 Å². The zero-order valence-electron chi connectivity index (χ0n) is 16.2. The number of anilines is 2. The predicted molar refractivity (Wildman–Crippen MR) is 116 cm³/mol. The summed E-state index contributed by atoms with van der Waals surface area (Å²) in [5.74, 6) is -0.464. The maximum absolute atomic E-state index is 12.4. The molecule has 2 N–H and O–H groups in total. The van der Waals surface area contributed by atoms with Crippen molar-refractivity contribution >= 4 is 39.8 Å². The fraction of sp³-hybridized carbons (Fsp3) is 0.0435. The largest absolute Gasteiger partial charge is 0.451 e. The number of fused-ring (bicyclic) bond motifs is 1. The Balaban J connectivity index is 1.36. The third-order valence-electron chi connectivity index (χ3n) is 4.57. The number of hydrogen-bond acceptors (Lipinski definition) is 5. The van der Waals surface area contributed by atoms with Gasteiger partial charge in [0, 0.05) is 28.9 Å². The van der Waals surface area contributed by atoms with Crippen molar-refractivity contribution in [2.75, 3.05) is 10.6 Å². The van der Waals surface area contributed by atoms with Gasteiger partial charge >= 0.3 is 0 Å². The molecule has 0 fully saturated rings. The number of rotatable bonds is 6. The first-order valence-electron chi connectivity index (χ1n) is 9.41. The van der Waals surface area contributed by atoms with E-state index in [9.17, 15) is 19.7 Å². The first-order valence-corrected chi connectivity index (χ1v) is 9.41. The molecule has 0 atom stereocenters. The number of carbonyl (C=O) groups is 2. The number of carbonyl (C=O) groups excluding carboxylic acids is 2. The predicted octanol–water partition coefficient (Wildman–Crippen LogP) is 4.77. The van der Waals surface area contributed by atoms with Crippen LogP contribution in [0.25, 0.3) is 11.0 Å². The van der Waals surface area contributed by atoms with E-state index in [2.05, 4.69) is 10.6 Å². The Morgan fingerprint density at radius 3 is 2.39 bits per heavy atom. The van der Waals surface area contributed by atoms with Crippen LogP contribution in [-0.2, 0) is 11.2 Å². The van der Waals surface area contributed by atoms with E-state index in [-0.39, 0.29) is 29.7 Å². The van der Waals surface area contributed by atoms with Crippen LogP contribution in [0.5, 0.6) is 0 Å². The summed E-state index contributed by atoms with van der Waals surface area (Å²) in [5, 5.41) is 17.1. The number of benzene rings is 3. The topological polar surface area (TPSA) is 114 Å². The summed E-state index contributed by atoms with van der Waals surface area (Å²) in [5.41, 5.74) is 2.19. The monoisotopic (exact) mass is 415 g/mol. The van der Waals surface area contributed by atoms with Crippen molar-refractivity contribution in [3.05, 3.63) is 100 Å². The lowest BCUT2D eigenvalue weighted by molar-refractivity contribution is -0.384. The highest BCUT2D eigenvalue weighted by Crippen LogP contribution is 2.21. The number of non-ortho nitro benzene ring substituents is 1. The lowest BCUT2D eigenvalue weighted by Gasteiger charge is -2.07. The van der Waals surface area contributed by atoms with E-state index in [1.165, 1.54) is 18.2 Å². The number of nitrogens with one attached hydrogen (secondary N) is 2. The summed E-state index contributed by atoms with van der Waals surface area (Å²) in [6, 6.07) is 21.6. The van der Waals surface area contributed by atoms with E-state index < -0.39 is 4.92 Å². The minimum absolute atomic E-state index is 0.0838. The van der Waals surface area contributed by atoms with Crippen molar-refractivity contribution in [1.82, 2.24) is 0 Å². The average Bonchev–Trinajstić information content (AvgIpc) is 3.20. The molecule has 0 spiro atoms. The molecule has 31 heavy (non-hydrogen) atoms. The van der Waals surface area contributed by atoms with Gasteiger partial charge in [0.25, 0.3) is 11.6 Å². The van der Waals surface area contributed by atoms with Crippen LogP contribution in [0.3, 0.4) is 0 Å². The molecular weight excluding hydrogens is 398 g/mol. The molecule has 0 radical (unpaired) electrons. The van der Waals surface area contributed by atoms with Gasteiger partial charge in [0.2, 0.25) is 5.91 Å². The first-order chi connectivity index (χ1) is 15.0. The zero-order chi connectivity index (χ0) is 21.8. The lowest BCUT2D eigenvalue weighted by Crippen LogP contribution is -2.14. The fourth-order valence-corrected chi connectivity index (χ4v) is 3.08. The van der Waals surface area contributed by atoms with E-state index in [4.69, 9.17) is 4.42 Å². The van der Waals surface area contributed by atoms with Crippen LogP contribution in [0.1, 0.15) is 16.1 Å². The molecule has 0 saturated heterocycles. The van der Waals surface area contributed by atoms with Crippen LogP contribution in [-0.4, -0.2) is 16.7 Å².